The topological polar surface area (TPSA) is 132 Å². The molecule has 0 fully saturated rings. The second-order valence-electron chi connectivity index (χ2n) is 8.42. The van der Waals surface area contributed by atoms with Gasteiger partial charge in [0, 0.05) is 12.8 Å². The smallest absolute Gasteiger partial charge is 0.325 e. The van der Waals surface area contributed by atoms with Gasteiger partial charge < -0.3 is 15.5 Å². The standard InChI is InChI=1S/C25H26N4O5S/c1-3-15-4-6-17(7-5-15)20-12-19(16-8-10-18(30)11-9-16)28-29(20)25-27-23(32)21(35-25)13-22(31)26-14(2)24(33)34/h4-11,14,20-21,30H,3,12-13H2,1-2H3,(H,26,31)(H,33,34)/t14-,20-,21+/m0/s1. The first-order chi connectivity index (χ1) is 16.7. The number of hydrogen-bond donors (Lipinski definition) is 3. The van der Waals surface area contributed by atoms with Crippen molar-refractivity contribution in [3.63, 3.8) is 0 Å². The van der Waals surface area contributed by atoms with Gasteiger partial charge in [0.15, 0.2) is 5.17 Å². The van der Waals surface area contributed by atoms with E-state index in [1.807, 2.05) is 12.1 Å². The number of carboxylic acids is 1. The number of hydrogen-bond acceptors (Lipinski definition) is 7. The average Bonchev–Trinajstić information content (AvgIpc) is 3.43. The first-order valence-corrected chi connectivity index (χ1v) is 12.2. The predicted molar refractivity (Wildman–Crippen MR) is 133 cm³/mol. The summed E-state index contributed by atoms with van der Waals surface area (Å²) in [7, 11) is 0. The van der Waals surface area contributed by atoms with Gasteiger partial charge in [-0.15, -0.1) is 0 Å². The molecule has 2 aromatic carbocycles. The minimum absolute atomic E-state index is 0.163. The van der Waals surface area contributed by atoms with E-state index >= 15 is 0 Å². The van der Waals surface area contributed by atoms with Crippen LogP contribution in [0.5, 0.6) is 5.75 Å². The molecule has 2 aliphatic rings. The van der Waals surface area contributed by atoms with Crippen LogP contribution in [0.15, 0.2) is 58.6 Å². The summed E-state index contributed by atoms with van der Waals surface area (Å²) >= 11 is 1.16. The Hall–Kier alpha value is -3.66. The number of carboxylic acid groups (broad SMARTS) is 1. The van der Waals surface area contributed by atoms with Crippen molar-refractivity contribution in [2.75, 3.05) is 0 Å². The number of carbonyl (C=O) groups is 3. The van der Waals surface area contributed by atoms with Gasteiger partial charge in [-0.3, -0.25) is 14.4 Å². The summed E-state index contributed by atoms with van der Waals surface area (Å²) in [4.78, 5) is 40.0. The minimum Gasteiger partial charge on any atom is -0.508 e. The fraction of sp³-hybridized carbons (Fsp3) is 0.320. The molecule has 4 rings (SSSR count). The van der Waals surface area contributed by atoms with Crippen molar-refractivity contribution in [1.82, 2.24) is 10.3 Å². The number of benzene rings is 2. The molecule has 0 bridgehead atoms. The molecule has 0 aromatic heterocycles. The lowest BCUT2D eigenvalue weighted by Gasteiger charge is -2.23. The number of aliphatic carboxylic acids is 1. The number of carbonyl (C=O) groups excluding carboxylic acids is 2. The quantitative estimate of drug-likeness (QED) is 0.539. The van der Waals surface area contributed by atoms with Crippen LogP contribution in [0, 0.1) is 0 Å². The van der Waals surface area contributed by atoms with E-state index in [9.17, 15) is 19.5 Å². The maximum absolute atomic E-state index is 12.6. The van der Waals surface area contributed by atoms with Gasteiger partial charge in [-0.25, -0.2) is 5.01 Å². The van der Waals surface area contributed by atoms with Gasteiger partial charge in [0.25, 0.3) is 5.91 Å². The summed E-state index contributed by atoms with van der Waals surface area (Å²) in [5, 5.41) is 27.2. The molecule has 2 aromatic rings. The van der Waals surface area contributed by atoms with Crippen molar-refractivity contribution >= 4 is 40.4 Å². The minimum atomic E-state index is -1.15. The highest BCUT2D eigenvalue weighted by Crippen LogP contribution is 2.38. The fourth-order valence-electron chi connectivity index (χ4n) is 3.89. The second kappa shape index (κ2) is 10.3. The number of hydrazone groups is 1. The number of nitrogens with zero attached hydrogens (tertiary/aromatic N) is 3. The van der Waals surface area contributed by atoms with Gasteiger partial charge in [0.1, 0.15) is 17.0 Å². The first-order valence-electron chi connectivity index (χ1n) is 11.3. The number of phenolic OH excluding ortho intramolecular Hbond substituents is 1. The van der Waals surface area contributed by atoms with Crippen LogP contribution in [0.2, 0.25) is 0 Å². The zero-order valence-corrected chi connectivity index (χ0v) is 20.2. The molecule has 0 aliphatic carbocycles. The van der Waals surface area contributed by atoms with Gasteiger partial charge >= 0.3 is 5.97 Å². The third kappa shape index (κ3) is 5.54. The first kappa shape index (κ1) is 24.5. The summed E-state index contributed by atoms with van der Waals surface area (Å²) in [6, 6.07) is 13.8. The van der Waals surface area contributed by atoms with E-state index < -0.39 is 29.1 Å². The molecule has 10 heteroatoms. The monoisotopic (exact) mass is 494 g/mol. The maximum Gasteiger partial charge on any atom is 0.325 e. The molecule has 2 amide bonds. The van der Waals surface area contributed by atoms with Crippen molar-refractivity contribution in [3.8, 4) is 5.75 Å². The van der Waals surface area contributed by atoms with Gasteiger partial charge in [-0.05, 0) is 54.3 Å². The van der Waals surface area contributed by atoms with E-state index in [0.29, 0.717) is 11.6 Å². The Balaban J connectivity index is 1.56. The Morgan fingerprint density at radius 3 is 2.49 bits per heavy atom. The van der Waals surface area contributed by atoms with Crippen LogP contribution in [0.3, 0.4) is 0 Å². The highest BCUT2D eigenvalue weighted by atomic mass is 32.2. The van der Waals surface area contributed by atoms with E-state index in [-0.39, 0.29) is 18.2 Å². The molecule has 9 nitrogen and oxygen atoms in total. The van der Waals surface area contributed by atoms with Crippen molar-refractivity contribution in [2.45, 2.75) is 50.4 Å². The molecule has 0 saturated heterocycles. The molecule has 35 heavy (non-hydrogen) atoms. The lowest BCUT2D eigenvalue weighted by atomic mass is 9.97. The van der Waals surface area contributed by atoms with E-state index in [4.69, 9.17) is 10.2 Å². The Morgan fingerprint density at radius 2 is 1.86 bits per heavy atom. The van der Waals surface area contributed by atoms with Gasteiger partial charge in [0.05, 0.1) is 11.8 Å². The van der Waals surface area contributed by atoms with Gasteiger partial charge in [-0.1, -0.05) is 43.0 Å². The van der Waals surface area contributed by atoms with Gasteiger partial charge in [0.2, 0.25) is 5.91 Å². The number of phenols is 1. The Morgan fingerprint density at radius 1 is 1.17 bits per heavy atom. The zero-order valence-electron chi connectivity index (χ0n) is 19.3. The third-order valence-corrected chi connectivity index (χ3v) is 7.07. The normalized spacial score (nSPS) is 20.4. The molecular weight excluding hydrogens is 468 g/mol. The van der Waals surface area contributed by atoms with Crippen LogP contribution in [-0.2, 0) is 20.8 Å². The van der Waals surface area contributed by atoms with Crippen molar-refractivity contribution in [1.29, 1.82) is 0 Å². The van der Waals surface area contributed by atoms with Crippen LogP contribution >= 0.6 is 11.8 Å². The van der Waals surface area contributed by atoms with Crippen LogP contribution < -0.4 is 5.32 Å². The molecule has 2 aliphatic heterocycles. The third-order valence-electron chi connectivity index (χ3n) is 5.93. The lowest BCUT2D eigenvalue weighted by molar-refractivity contribution is -0.141. The molecular formula is C25H26N4O5S. The molecule has 2 heterocycles. The summed E-state index contributed by atoms with van der Waals surface area (Å²) in [5.74, 6) is -1.96. The summed E-state index contributed by atoms with van der Waals surface area (Å²) in [5.41, 5.74) is 3.88. The van der Waals surface area contributed by atoms with Crippen LogP contribution in [-0.4, -0.2) is 55.2 Å². The lowest BCUT2D eigenvalue weighted by Crippen LogP contribution is -2.39. The molecule has 0 saturated carbocycles. The molecule has 0 radical (unpaired) electrons. The average molecular weight is 495 g/mol. The van der Waals surface area contributed by atoms with E-state index in [1.54, 1.807) is 29.3 Å². The summed E-state index contributed by atoms with van der Waals surface area (Å²) < 4.78 is 0. The molecule has 182 valence electrons. The summed E-state index contributed by atoms with van der Waals surface area (Å²) in [6.45, 7) is 3.45. The number of nitrogens with one attached hydrogen (secondary N) is 1. The number of thioether (sulfide) groups is 1. The van der Waals surface area contributed by atoms with Crippen molar-refractivity contribution in [3.05, 3.63) is 65.2 Å². The highest BCUT2D eigenvalue weighted by Gasteiger charge is 2.39. The Labute approximate surface area is 206 Å². The Kier molecular flexibility index (Phi) is 7.20. The maximum atomic E-state index is 12.6. The SMILES string of the molecule is CCc1ccc([C@@H]2CC(c3ccc(O)cc3)=NN2C2=NC(=O)[C@@H](CC(=O)N[C@@H](C)C(=O)O)S2)cc1. The van der Waals surface area contributed by atoms with Crippen LogP contribution in [0.1, 0.15) is 49.4 Å². The molecule has 0 unspecified atom stereocenters. The van der Waals surface area contributed by atoms with E-state index in [2.05, 4.69) is 29.4 Å². The number of rotatable bonds is 7. The van der Waals surface area contributed by atoms with Crippen LogP contribution in [0.25, 0.3) is 0 Å². The number of aliphatic imine (C=N–C) groups is 1. The second-order valence-corrected chi connectivity index (χ2v) is 9.59. The predicted octanol–water partition coefficient (Wildman–Crippen LogP) is 3.08. The van der Waals surface area contributed by atoms with E-state index in [0.717, 1.165) is 35.0 Å². The largest absolute Gasteiger partial charge is 0.508 e. The highest BCUT2D eigenvalue weighted by molar-refractivity contribution is 8.15. The zero-order chi connectivity index (χ0) is 25.1. The number of amides is 2. The molecule has 0 spiro atoms. The molecule has 3 atom stereocenters. The van der Waals surface area contributed by atoms with Crippen LogP contribution in [0.4, 0.5) is 0 Å². The Bertz CT molecular complexity index is 1190. The summed E-state index contributed by atoms with van der Waals surface area (Å²) in [6.07, 6.45) is 1.32. The number of aromatic hydroxyl groups is 1. The van der Waals surface area contributed by atoms with Gasteiger partial charge in [-0.2, -0.15) is 10.1 Å². The number of amidine groups is 1. The van der Waals surface area contributed by atoms with Crippen molar-refractivity contribution < 1.29 is 24.6 Å². The van der Waals surface area contributed by atoms with Crippen molar-refractivity contribution in [2.24, 2.45) is 10.1 Å². The molecule has 3 N–H and O–H groups in total. The van der Waals surface area contributed by atoms with E-state index in [1.165, 1.54) is 12.5 Å². The fourth-order valence-corrected chi connectivity index (χ4v) is 4.95. The number of aryl methyl sites for hydroxylation is 1.